The second-order valence-corrected chi connectivity index (χ2v) is 2.82. The van der Waals surface area contributed by atoms with Crippen molar-refractivity contribution >= 4 is 5.97 Å². The summed E-state index contributed by atoms with van der Waals surface area (Å²) in [5.74, 6) is -0.881. The van der Waals surface area contributed by atoms with Crippen molar-refractivity contribution in [2.24, 2.45) is 5.73 Å². The van der Waals surface area contributed by atoms with Gasteiger partial charge in [0.15, 0.2) is 0 Å². The van der Waals surface area contributed by atoms with E-state index in [-0.39, 0.29) is 12.5 Å². The molecule has 0 radical (unpaired) electrons. The molecule has 0 amide bonds. The first-order chi connectivity index (χ1) is 6.06. The molecule has 0 aliphatic heterocycles. The second-order valence-electron chi connectivity index (χ2n) is 2.82. The van der Waals surface area contributed by atoms with Crippen LogP contribution in [0.5, 0.6) is 0 Å². The van der Waals surface area contributed by atoms with Crippen molar-refractivity contribution < 1.29 is 9.90 Å². The van der Waals surface area contributed by atoms with Crippen LogP contribution in [-0.4, -0.2) is 17.1 Å². The number of allylic oxidation sites excluding steroid dienone is 3. The summed E-state index contributed by atoms with van der Waals surface area (Å²) in [5.41, 5.74) is 6.36. The van der Waals surface area contributed by atoms with Gasteiger partial charge in [0.05, 0.1) is 6.42 Å². The van der Waals surface area contributed by atoms with Gasteiger partial charge in [-0.2, -0.15) is 0 Å². The highest BCUT2D eigenvalue weighted by Crippen LogP contribution is 2.05. The Balaban J connectivity index is 3.84. The van der Waals surface area contributed by atoms with Gasteiger partial charge in [0.2, 0.25) is 0 Å². The zero-order valence-electron chi connectivity index (χ0n) is 7.57. The van der Waals surface area contributed by atoms with Gasteiger partial charge in [-0.25, -0.2) is 0 Å². The summed E-state index contributed by atoms with van der Waals surface area (Å²) in [6.07, 6.45) is 5.62. The summed E-state index contributed by atoms with van der Waals surface area (Å²) in [5, 5.41) is 8.43. The minimum atomic E-state index is -0.881. The number of carboxylic acids is 1. The minimum Gasteiger partial charge on any atom is -0.481 e. The molecule has 0 saturated carbocycles. The lowest BCUT2D eigenvalue weighted by Gasteiger charge is -2.07. The average Bonchev–Trinajstić information content (AvgIpc) is 1.98. The first-order valence-corrected chi connectivity index (χ1v) is 4.00. The molecule has 3 N–H and O–H groups in total. The highest BCUT2D eigenvalue weighted by atomic mass is 16.4. The third-order valence-electron chi connectivity index (χ3n) is 1.43. The van der Waals surface area contributed by atoms with Crippen LogP contribution in [0.1, 0.15) is 12.8 Å². The summed E-state index contributed by atoms with van der Waals surface area (Å²) in [7, 11) is 0. The van der Waals surface area contributed by atoms with E-state index >= 15 is 0 Å². The normalized spacial score (nSPS) is 12.7. The van der Waals surface area contributed by atoms with Crippen LogP contribution >= 0.6 is 0 Å². The fraction of sp³-hybridized carbons (Fsp3) is 0.300. The van der Waals surface area contributed by atoms with E-state index in [4.69, 9.17) is 10.8 Å². The van der Waals surface area contributed by atoms with E-state index in [0.717, 1.165) is 5.57 Å². The molecule has 0 aliphatic carbocycles. The average molecular weight is 181 g/mol. The van der Waals surface area contributed by atoms with Gasteiger partial charge in [-0.3, -0.25) is 4.79 Å². The molecule has 3 heteroatoms. The predicted octanol–water partition coefficient (Wildman–Crippen LogP) is 1.48. The van der Waals surface area contributed by atoms with Gasteiger partial charge >= 0.3 is 5.97 Å². The van der Waals surface area contributed by atoms with Crippen molar-refractivity contribution in [3.63, 3.8) is 0 Å². The van der Waals surface area contributed by atoms with Crippen molar-refractivity contribution in [1.82, 2.24) is 0 Å². The van der Waals surface area contributed by atoms with Gasteiger partial charge in [-0.05, 0) is 6.42 Å². The Kier molecular flexibility index (Phi) is 5.55. The van der Waals surface area contributed by atoms with Crippen molar-refractivity contribution in [3.05, 3.63) is 37.0 Å². The van der Waals surface area contributed by atoms with E-state index in [0.29, 0.717) is 6.42 Å². The van der Waals surface area contributed by atoms with Gasteiger partial charge in [-0.1, -0.05) is 37.0 Å². The number of carbonyl (C=O) groups is 1. The maximum atomic E-state index is 10.3. The Morgan fingerprint density at radius 3 is 2.62 bits per heavy atom. The van der Waals surface area contributed by atoms with Gasteiger partial charge in [-0.15, -0.1) is 0 Å². The molecule has 72 valence electrons. The van der Waals surface area contributed by atoms with E-state index in [1.165, 1.54) is 0 Å². The molecule has 13 heavy (non-hydrogen) atoms. The first-order valence-electron chi connectivity index (χ1n) is 4.00. The van der Waals surface area contributed by atoms with Crippen molar-refractivity contribution in [2.75, 3.05) is 0 Å². The molecule has 0 aromatic carbocycles. The molecule has 0 bridgehead atoms. The summed E-state index contributed by atoms with van der Waals surface area (Å²) < 4.78 is 0. The molecule has 3 nitrogen and oxygen atoms in total. The maximum absolute atomic E-state index is 10.3. The number of nitrogens with two attached hydrogens (primary N) is 1. The monoisotopic (exact) mass is 181 g/mol. The predicted molar refractivity (Wildman–Crippen MR) is 53.3 cm³/mol. The molecule has 0 aliphatic rings. The number of hydrogen-bond acceptors (Lipinski definition) is 2. The highest BCUT2D eigenvalue weighted by molar-refractivity contribution is 5.67. The van der Waals surface area contributed by atoms with Crippen LogP contribution in [0.3, 0.4) is 0 Å². The number of aliphatic carboxylic acids is 1. The van der Waals surface area contributed by atoms with Crippen molar-refractivity contribution in [2.45, 2.75) is 18.9 Å². The van der Waals surface area contributed by atoms with E-state index in [1.54, 1.807) is 18.2 Å². The van der Waals surface area contributed by atoms with Gasteiger partial charge in [0.1, 0.15) is 0 Å². The Bertz CT molecular complexity index is 231. The standard InChI is InChI=1S/C10H15NO2/c1-3-4-5-8(2)6-9(11)7-10(12)13/h3-5,9H,1-2,6-7,11H2,(H,12,13)/b5-4-/t9-/m0/s1. The first kappa shape index (κ1) is 11.6. The maximum Gasteiger partial charge on any atom is 0.304 e. The van der Waals surface area contributed by atoms with Crippen LogP contribution < -0.4 is 5.73 Å². The Labute approximate surface area is 78.3 Å². The third-order valence-corrected chi connectivity index (χ3v) is 1.43. The van der Waals surface area contributed by atoms with Crippen LogP contribution in [0.25, 0.3) is 0 Å². The number of carboxylic acid groups (broad SMARTS) is 1. The summed E-state index contributed by atoms with van der Waals surface area (Å²) in [4.78, 5) is 10.3. The van der Waals surface area contributed by atoms with Crippen LogP contribution in [-0.2, 0) is 4.79 Å². The molecule has 0 saturated heterocycles. The van der Waals surface area contributed by atoms with E-state index in [9.17, 15) is 4.79 Å². The lowest BCUT2D eigenvalue weighted by Crippen LogP contribution is -2.23. The SMILES string of the molecule is C=C/C=C\C(=C)C[C@H](N)CC(=O)O. The Hall–Kier alpha value is -1.35. The number of rotatable bonds is 6. The molecule has 0 heterocycles. The molecular weight excluding hydrogens is 166 g/mol. The fourth-order valence-corrected chi connectivity index (χ4v) is 0.905. The zero-order chi connectivity index (χ0) is 10.3. The molecule has 0 fully saturated rings. The Morgan fingerprint density at radius 2 is 2.15 bits per heavy atom. The fourth-order valence-electron chi connectivity index (χ4n) is 0.905. The van der Waals surface area contributed by atoms with Gasteiger partial charge < -0.3 is 10.8 Å². The Morgan fingerprint density at radius 1 is 1.54 bits per heavy atom. The second kappa shape index (κ2) is 6.20. The lowest BCUT2D eigenvalue weighted by molar-refractivity contribution is -0.137. The largest absolute Gasteiger partial charge is 0.481 e. The van der Waals surface area contributed by atoms with E-state index in [1.807, 2.05) is 0 Å². The summed E-state index contributed by atoms with van der Waals surface area (Å²) in [6.45, 7) is 7.24. The molecule has 0 spiro atoms. The highest BCUT2D eigenvalue weighted by Gasteiger charge is 2.07. The quantitative estimate of drug-likeness (QED) is 0.610. The smallest absolute Gasteiger partial charge is 0.304 e. The zero-order valence-corrected chi connectivity index (χ0v) is 7.57. The van der Waals surface area contributed by atoms with Crippen LogP contribution in [0.2, 0.25) is 0 Å². The van der Waals surface area contributed by atoms with Crippen LogP contribution in [0, 0.1) is 0 Å². The molecule has 1 atom stereocenters. The summed E-state index contributed by atoms with van der Waals surface area (Å²) in [6, 6.07) is -0.362. The summed E-state index contributed by atoms with van der Waals surface area (Å²) >= 11 is 0. The van der Waals surface area contributed by atoms with E-state index < -0.39 is 5.97 Å². The molecular formula is C10H15NO2. The molecule has 0 rings (SSSR count). The van der Waals surface area contributed by atoms with Crippen molar-refractivity contribution in [3.8, 4) is 0 Å². The van der Waals surface area contributed by atoms with Gasteiger partial charge in [0.25, 0.3) is 0 Å². The topological polar surface area (TPSA) is 63.3 Å². The van der Waals surface area contributed by atoms with Crippen LogP contribution in [0.15, 0.2) is 37.0 Å². The third kappa shape index (κ3) is 7.03. The molecule has 0 aromatic rings. The molecule has 0 aromatic heterocycles. The lowest BCUT2D eigenvalue weighted by atomic mass is 10.1. The van der Waals surface area contributed by atoms with E-state index in [2.05, 4.69) is 13.2 Å². The molecule has 0 unspecified atom stereocenters. The van der Waals surface area contributed by atoms with Crippen molar-refractivity contribution in [1.29, 1.82) is 0 Å². The number of hydrogen-bond donors (Lipinski definition) is 2. The van der Waals surface area contributed by atoms with Crippen LogP contribution in [0.4, 0.5) is 0 Å². The minimum absolute atomic E-state index is 0.0268. The van der Waals surface area contributed by atoms with Gasteiger partial charge in [0, 0.05) is 6.04 Å².